The molecular formula is C16H31NO5. The number of carbonyl (C=O) groups excluding carboxylic acids is 1. The van der Waals surface area contributed by atoms with E-state index < -0.39 is 12.3 Å². The predicted molar refractivity (Wildman–Crippen MR) is 83.9 cm³/mol. The van der Waals surface area contributed by atoms with Crippen LogP contribution in [-0.4, -0.2) is 35.0 Å². The Labute approximate surface area is 133 Å². The summed E-state index contributed by atoms with van der Waals surface area (Å²) >= 11 is 0. The van der Waals surface area contributed by atoms with Gasteiger partial charge in [-0.25, -0.2) is 0 Å². The van der Waals surface area contributed by atoms with Crippen molar-refractivity contribution in [3.63, 3.8) is 0 Å². The number of hydrogen-bond acceptors (Lipinski definition) is 5. The maximum Gasteiger partial charge on any atom is 0.308 e. The topological polar surface area (TPSA) is 110 Å². The lowest BCUT2D eigenvalue weighted by molar-refractivity contribution is -0.156. The molecule has 2 unspecified atom stereocenters. The number of rotatable bonds is 7. The highest BCUT2D eigenvalue weighted by molar-refractivity contribution is 5.71. The van der Waals surface area contributed by atoms with Gasteiger partial charge in [0.15, 0.2) is 0 Å². The Kier molecular flexibility index (Phi) is 10.0. The Morgan fingerprint density at radius 3 is 2.23 bits per heavy atom. The van der Waals surface area contributed by atoms with E-state index >= 15 is 0 Å². The zero-order chi connectivity index (χ0) is 17.3. The van der Waals surface area contributed by atoms with Crippen molar-refractivity contribution in [3.8, 4) is 0 Å². The summed E-state index contributed by atoms with van der Waals surface area (Å²) in [6, 6.07) is 0. The number of carboxylic acids is 1. The molecule has 6 nitrogen and oxygen atoms in total. The van der Waals surface area contributed by atoms with E-state index in [1.54, 1.807) is 0 Å². The van der Waals surface area contributed by atoms with E-state index in [1.165, 1.54) is 0 Å². The molecule has 0 aliphatic carbocycles. The smallest absolute Gasteiger partial charge is 0.308 e. The minimum Gasteiger partial charge on any atom is -0.481 e. The van der Waals surface area contributed by atoms with Crippen LogP contribution in [0.1, 0.15) is 53.4 Å². The standard InChI is InChI=1S/C8H17NO2.C8H14O3/c1-6(2)3-7(5-9)4-8(10)11;1-5(2)3-6-4-7(9)11-8(6)10/h6-7H,3-5,9H2,1-2H3,(H,10,11);5-6,8,10H,3-4H2,1-2H3/t7-;/m1./s1. The molecule has 0 bridgehead atoms. The summed E-state index contributed by atoms with van der Waals surface area (Å²) in [6.07, 6.45) is 1.48. The highest BCUT2D eigenvalue weighted by Gasteiger charge is 2.33. The fourth-order valence-corrected chi connectivity index (χ4v) is 2.58. The summed E-state index contributed by atoms with van der Waals surface area (Å²) < 4.78 is 4.59. The Morgan fingerprint density at radius 1 is 1.32 bits per heavy atom. The fourth-order valence-electron chi connectivity index (χ4n) is 2.58. The normalized spacial score (nSPS) is 22.3. The van der Waals surface area contributed by atoms with Crippen molar-refractivity contribution in [2.24, 2.45) is 29.4 Å². The summed E-state index contributed by atoms with van der Waals surface area (Å²) in [7, 11) is 0. The summed E-state index contributed by atoms with van der Waals surface area (Å²) in [5.74, 6) is 0.172. The van der Waals surface area contributed by atoms with E-state index in [0.29, 0.717) is 24.8 Å². The molecular weight excluding hydrogens is 286 g/mol. The minimum absolute atomic E-state index is 0.0162. The molecule has 3 atom stereocenters. The van der Waals surface area contributed by atoms with Gasteiger partial charge in [0.05, 0.1) is 6.42 Å². The van der Waals surface area contributed by atoms with Gasteiger partial charge in [-0.2, -0.15) is 0 Å². The summed E-state index contributed by atoms with van der Waals surface area (Å²) in [4.78, 5) is 21.0. The van der Waals surface area contributed by atoms with Crippen LogP contribution in [-0.2, 0) is 14.3 Å². The Hall–Kier alpha value is -1.14. The predicted octanol–water partition coefficient (Wildman–Crippen LogP) is 2.00. The van der Waals surface area contributed by atoms with Crippen LogP contribution in [0.5, 0.6) is 0 Å². The lowest BCUT2D eigenvalue weighted by atomic mass is 9.94. The maximum atomic E-state index is 10.7. The van der Waals surface area contributed by atoms with Gasteiger partial charge in [-0.15, -0.1) is 0 Å². The SMILES string of the molecule is CC(C)CC1CC(=O)OC1O.CC(C)C[C@@H](CN)CC(=O)O. The summed E-state index contributed by atoms with van der Waals surface area (Å²) in [5, 5.41) is 17.6. The van der Waals surface area contributed by atoms with E-state index in [1.807, 2.05) is 0 Å². The molecule has 1 heterocycles. The lowest BCUT2D eigenvalue weighted by Crippen LogP contribution is -2.19. The van der Waals surface area contributed by atoms with Gasteiger partial charge in [0.25, 0.3) is 0 Å². The van der Waals surface area contributed by atoms with Crippen molar-refractivity contribution >= 4 is 11.9 Å². The molecule has 22 heavy (non-hydrogen) atoms. The average Bonchev–Trinajstić information content (AvgIpc) is 2.65. The van der Waals surface area contributed by atoms with E-state index in [-0.39, 0.29) is 24.2 Å². The quantitative estimate of drug-likeness (QED) is 0.619. The van der Waals surface area contributed by atoms with Crippen LogP contribution in [0.2, 0.25) is 0 Å². The fraction of sp³-hybridized carbons (Fsp3) is 0.875. The molecule has 1 saturated heterocycles. The number of aliphatic hydroxyl groups is 1. The third-order valence-corrected chi connectivity index (χ3v) is 3.46. The van der Waals surface area contributed by atoms with E-state index in [4.69, 9.17) is 15.9 Å². The minimum atomic E-state index is -0.857. The third kappa shape index (κ3) is 9.73. The first-order valence-electron chi connectivity index (χ1n) is 7.95. The molecule has 1 rings (SSSR count). The van der Waals surface area contributed by atoms with Crippen molar-refractivity contribution in [1.82, 2.24) is 0 Å². The van der Waals surface area contributed by atoms with Crippen LogP contribution in [0.4, 0.5) is 0 Å². The Morgan fingerprint density at radius 2 is 1.91 bits per heavy atom. The molecule has 130 valence electrons. The van der Waals surface area contributed by atoms with Gasteiger partial charge in [0.2, 0.25) is 6.29 Å². The number of esters is 1. The number of aliphatic hydroxyl groups excluding tert-OH is 1. The van der Waals surface area contributed by atoms with Crippen molar-refractivity contribution in [3.05, 3.63) is 0 Å². The van der Waals surface area contributed by atoms with Crippen molar-refractivity contribution in [2.75, 3.05) is 6.54 Å². The second kappa shape index (κ2) is 10.6. The number of carboxylic acid groups (broad SMARTS) is 1. The zero-order valence-corrected chi connectivity index (χ0v) is 14.1. The van der Waals surface area contributed by atoms with Gasteiger partial charge in [0.1, 0.15) is 0 Å². The van der Waals surface area contributed by atoms with Gasteiger partial charge < -0.3 is 20.7 Å². The highest BCUT2D eigenvalue weighted by Crippen LogP contribution is 2.26. The molecule has 1 aliphatic rings. The number of nitrogens with two attached hydrogens (primary N) is 1. The second-order valence-corrected chi connectivity index (χ2v) is 6.80. The average molecular weight is 317 g/mol. The Bertz CT molecular complexity index is 343. The molecule has 0 spiro atoms. The Balaban J connectivity index is 0.000000401. The molecule has 0 radical (unpaired) electrons. The molecule has 0 aromatic carbocycles. The van der Waals surface area contributed by atoms with Crippen LogP contribution in [0.3, 0.4) is 0 Å². The van der Waals surface area contributed by atoms with Crippen molar-refractivity contribution < 1.29 is 24.5 Å². The van der Waals surface area contributed by atoms with E-state index in [9.17, 15) is 9.59 Å². The molecule has 1 fully saturated rings. The first kappa shape index (κ1) is 20.9. The van der Waals surface area contributed by atoms with Gasteiger partial charge in [-0.05, 0) is 37.1 Å². The molecule has 4 N–H and O–H groups in total. The van der Waals surface area contributed by atoms with E-state index in [2.05, 4.69) is 32.4 Å². The van der Waals surface area contributed by atoms with Crippen molar-refractivity contribution in [2.45, 2.75) is 59.7 Å². The number of hydrogen-bond donors (Lipinski definition) is 3. The largest absolute Gasteiger partial charge is 0.481 e. The summed E-state index contributed by atoms with van der Waals surface area (Å²) in [6.45, 7) is 8.75. The number of cyclic esters (lactones) is 1. The van der Waals surface area contributed by atoms with Crippen LogP contribution in [0.25, 0.3) is 0 Å². The molecule has 0 aromatic rings. The second-order valence-electron chi connectivity index (χ2n) is 6.80. The van der Waals surface area contributed by atoms with Gasteiger partial charge in [-0.1, -0.05) is 27.7 Å². The van der Waals surface area contributed by atoms with Crippen LogP contribution >= 0.6 is 0 Å². The lowest BCUT2D eigenvalue weighted by Gasteiger charge is -2.13. The number of ether oxygens (including phenoxy) is 1. The molecule has 0 aromatic heterocycles. The van der Waals surface area contributed by atoms with Gasteiger partial charge in [0, 0.05) is 12.3 Å². The highest BCUT2D eigenvalue weighted by atomic mass is 16.6. The van der Waals surface area contributed by atoms with Crippen LogP contribution in [0.15, 0.2) is 0 Å². The zero-order valence-electron chi connectivity index (χ0n) is 14.1. The number of aliphatic carboxylic acids is 1. The first-order chi connectivity index (χ1) is 10.1. The number of carbonyl (C=O) groups is 2. The third-order valence-electron chi connectivity index (χ3n) is 3.46. The maximum absolute atomic E-state index is 10.7. The van der Waals surface area contributed by atoms with Gasteiger partial charge in [-0.3, -0.25) is 9.59 Å². The van der Waals surface area contributed by atoms with Crippen LogP contribution in [0, 0.1) is 23.7 Å². The summed E-state index contributed by atoms with van der Waals surface area (Å²) in [5.41, 5.74) is 5.41. The van der Waals surface area contributed by atoms with E-state index in [0.717, 1.165) is 12.8 Å². The molecule has 6 heteroatoms. The van der Waals surface area contributed by atoms with Gasteiger partial charge >= 0.3 is 11.9 Å². The van der Waals surface area contributed by atoms with Crippen LogP contribution < -0.4 is 5.73 Å². The van der Waals surface area contributed by atoms with Crippen molar-refractivity contribution in [1.29, 1.82) is 0 Å². The first-order valence-corrected chi connectivity index (χ1v) is 7.95. The molecule has 1 aliphatic heterocycles. The monoisotopic (exact) mass is 317 g/mol. The molecule has 0 amide bonds. The molecule has 0 saturated carbocycles.